The predicted molar refractivity (Wildman–Crippen MR) is 128 cm³/mol. The molecule has 6 N–H and O–H groups in total. The summed E-state index contributed by atoms with van der Waals surface area (Å²) in [4.78, 5) is 50.0. The normalized spacial score (nSPS) is 16.9. The Morgan fingerprint density at radius 2 is 1.34 bits per heavy atom. The third kappa shape index (κ3) is 9.77. The second kappa shape index (κ2) is 15.1. The molecular weight excluding hydrogens is 432 g/mol. The second-order valence-corrected chi connectivity index (χ2v) is 9.68. The summed E-state index contributed by atoms with van der Waals surface area (Å²) >= 11 is 1.49. The Bertz CT molecular complexity index is 631. The molecule has 10 heteroatoms. The lowest BCUT2D eigenvalue weighted by atomic mass is 9.95. The molecule has 0 aromatic rings. The van der Waals surface area contributed by atoms with Gasteiger partial charge in [-0.3, -0.25) is 14.4 Å². The molecule has 0 fully saturated rings. The molecule has 6 unspecified atom stereocenters. The number of carbonyl (C=O) groups is 4. The minimum Gasteiger partial charge on any atom is -0.480 e. The van der Waals surface area contributed by atoms with E-state index in [1.807, 2.05) is 34.0 Å². The molecule has 0 aromatic carbocycles. The molecule has 0 spiro atoms. The number of hydrogen-bond acceptors (Lipinski definition) is 6. The number of amides is 3. The molecular formula is C22H42N4O5S. The van der Waals surface area contributed by atoms with E-state index >= 15 is 0 Å². The van der Waals surface area contributed by atoms with Gasteiger partial charge in [0.25, 0.3) is 0 Å². The average Bonchev–Trinajstić information content (AvgIpc) is 2.75. The van der Waals surface area contributed by atoms with Crippen LogP contribution in [0.2, 0.25) is 0 Å². The van der Waals surface area contributed by atoms with Crippen LogP contribution in [0.15, 0.2) is 0 Å². The van der Waals surface area contributed by atoms with Crippen molar-refractivity contribution in [2.75, 3.05) is 12.0 Å². The van der Waals surface area contributed by atoms with Crippen LogP contribution < -0.4 is 21.7 Å². The molecule has 0 aromatic heterocycles. The van der Waals surface area contributed by atoms with Crippen LogP contribution >= 0.6 is 11.8 Å². The zero-order chi connectivity index (χ0) is 25.0. The maximum absolute atomic E-state index is 13.0. The predicted octanol–water partition coefficient (Wildman–Crippen LogP) is 1.35. The first-order valence-electron chi connectivity index (χ1n) is 11.3. The Morgan fingerprint density at radius 1 is 0.844 bits per heavy atom. The van der Waals surface area contributed by atoms with E-state index < -0.39 is 47.9 Å². The highest BCUT2D eigenvalue weighted by Gasteiger charge is 2.34. The molecule has 0 aliphatic rings. The molecule has 0 heterocycles. The fourth-order valence-corrected chi connectivity index (χ4v) is 3.47. The first-order valence-corrected chi connectivity index (χ1v) is 12.7. The van der Waals surface area contributed by atoms with Gasteiger partial charge in [-0.2, -0.15) is 11.8 Å². The molecule has 0 rings (SSSR count). The fraction of sp³-hybridized carbons (Fsp3) is 0.818. The van der Waals surface area contributed by atoms with Crippen molar-refractivity contribution in [1.29, 1.82) is 0 Å². The van der Waals surface area contributed by atoms with E-state index in [-0.39, 0.29) is 24.2 Å². The van der Waals surface area contributed by atoms with Gasteiger partial charge in [0.1, 0.15) is 18.1 Å². The lowest BCUT2D eigenvalue weighted by molar-refractivity contribution is -0.142. The van der Waals surface area contributed by atoms with Gasteiger partial charge in [0.05, 0.1) is 6.04 Å². The molecule has 0 bridgehead atoms. The number of carboxylic acid groups (broad SMARTS) is 1. The second-order valence-electron chi connectivity index (χ2n) is 8.69. The first-order chi connectivity index (χ1) is 14.9. The number of nitrogens with two attached hydrogens (primary N) is 1. The van der Waals surface area contributed by atoms with Crippen LogP contribution in [-0.4, -0.2) is 65.0 Å². The SMILES string of the molecule is CCC(C)C(N)C(=O)NC(C(=O)NC(C(=O)NC(CCSC)C(=O)O)C(C)CC)C(C)C. The van der Waals surface area contributed by atoms with Gasteiger partial charge in [-0.05, 0) is 36.2 Å². The van der Waals surface area contributed by atoms with Crippen molar-refractivity contribution in [3.8, 4) is 0 Å². The van der Waals surface area contributed by atoms with Crippen molar-refractivity contribution in [3.63, 3.8) is 0 Å². The first kappa shape index (κ1) is 30.2. The van der Waals surface area contributed by atoms with Crippen LogP contribution in [0, 0.1) is 17.8 Å². The molecule has 0 saturated carbocycles. The number of carbonyl (C=O) groups excluding carboxylic acids is 3. The Labute approximate surface area is 196 Å². The smallest absolute Gasteiger partial charge is 0.326 e. The molecule has 9 nitrogen and oxygen atoms in total. The minimum absolute atomic E-state index is 0.0428. The summed E-state index contributed by atoms with van der Waals surface area (Å²) in [5.41, 5.74) is 6.00. The third-order valence-electron chi connectivity index (χ3n) is 5.83. The molecule has 0 saturated heterocycles. The van der Waals surface area contributed by atoms with Gasteiger partial charge < -0.3 is 26.8 Å². The summed E-state index contributed by atoms with van der Waals surface area (Å²) in [5, 5.41) is 17.4. The number of carboxylic acids is 1. The van der Waals surface area contributed by atoms with E-state index in [1.165, 1.54) is 11.8 Å². The molecule has 186 valence electrons. The van der Waals surface area contributed by atoms with Crippen LogP contribution in [0.4, 0.5) is 0 Å². The van der Waals surface area contributed by atoms with Gasteiger partial charge in [-0.1, -0.05) is 54.4 Å². The van der Waals surface area contributed by atoms with Crippen molar-refractivity contribution in [2.45, 2.75) is 85.0 Å². The van der Waals surface area contributed by atoms with Crippen LogP contribution in [0.3, 0.4) is 0 Å². The Morgan fingerprint density at radius 3 is 1.78 bits per heavy atom. The topological polar surface area (TPSA) is 151 Å². The lowest BCUT2D eigenvalue weighted by Crippen LogP contribution is -2.60. The molecule has 0 radical (unpaired) electrons. The largest absolute Gasteiger partial charge is 0.480 e. The number of nitrogens with one attached hydrogen (secondary N) is 3. The van der Waals surface area contributed by atoms with Crippen molar-refractivity contribution < 1.29 is 24.3 Å². The summed E-state index contributed by atoms with van der Waals surface area (Å²) in [6.07, 6.45) is 3.46. The molecule has 3 amide bonds. The Balaban J connectivity index is 5.48. The zero-order valence-corrected chi connectivity index (χ0v) is 21.3. The maximum atomic E-state index is 13.0. The van der Waals surface area contributed by atoms with E-state index in [2.05, 4.69) is 16.0 Å². The summed E-state index contributed by atoms with van der Waals surface area (Å²) in [7, 11) is 0. The van der Waals surface area contributed by atoms with Crippen molar-refractivity contribution >= 4 is 35.5 Å². The zero-order valence-electron chi connectivity index (χ0n) is 20.4. The summed E-state index contributed by atoms with van der Waals surface area (Å²) in [6.45, 7) is 11.1. The van der Waals surface area contributed by atoms with Gasteiger partial charge >= 0.3 is 5.97 Å². The van der Waals surface area contributed by atoms with E-state index in [4.69, 9.17) is 5.73 Å². The van der Waals surface area contributed by atoms with Crippen molar-refractivity contribution in [3.05, 3.63) is 0 Å². The summed E-state index contributed by atoms with van der Waals surface area (Å²) < 4.78 is 0. The lowest BCUT2D eigenvalue weighted by Gasteiger charge is -2.29. The summed E-state index contributed by atoms with van der Waals surface area (Å²) in [6, 6.07) is -3.57. The van der Waals surface area contributed by atoms with E-state index in [1.54, 1.807) is 13.8 Å². The molecule has 32 heavy (non-hydrogen) atoms. The fourth-order valence-electron chi connectivity index (χ4n) is 3.00. The number of aliphatic carboxylic acids is 1. The number of rotatable bonds is 15. The van der Waals surface area contributed by atoms with E-state index in [9.17, 15) is 24.3 Å². The minimum atomic E-state index is -1.12. The summed E-state index contributed by atoms with van der Waals surface area (Å²) in [5.74, 6) is -2.52. The van der Waals surface area contributed by atoms with E-state index in [0.717, 1.165) is 6.42 Å². The number of hydrogen-bond donors (Lipinski definition) is 5. The van der Waals surface area contributed by atoms with Gasteiger partial charge in [-0.25, -0.2) is 4.79 Å². The highest BCUT2D eigenvalue weighted by Crippen LogP contribution is 2.12. The molecule has 6 atom stereocenters. The highest BCUT2D eigenvalue weighted by atomic mass is 32.2. The quantitative estimate of drug-likeness (QED) is 0.240. The van der Waals surface area contributed by atoms with Crippen molar-refractivity contribution in [2.24, 2.45) is 23.5 Å². The third-order valence-corrected chi connectivity index (χ3v) is 6.47. The highest BCUT2D eigenvalue weighted by molar-refractivity contribution is 7.98. The van der Waals surface area contributed by atoms with Gasteiger partial charge in [0, 0.05) is 0 Å². The van der Waals surface area contributed by atoms with Gasteiger partial charge in [0.2, 0.25) is 17.7 Å². The Hall–Kier alpha value is -1.81. The van der Waals surface area contributed by atoms with Gasteiger partial charge in [-0.15, -0.1) is 0 Å². The van der Waals surface area contributed by atoms with Gasteiger partial charge in [0.15, 0.2) is 0 Å². The van der Waals surface area contributed by atoms with Crippen LogP contribution in [0.5, 0.6) is 0 Å². The van der Waals surface area contributed by atoms with Crippen molar-refractivity contribution in [1.82, 2.24) is 16.0 Å². The van der Waals surface area contributed by atoms with Crippen LogP contribution in [0.1, 0.15) is 60.8 Å². The monoisotopic (exact) mass is 474 g/mol. The average molecular weight is 475 g/mol. The number of thioether (sulfide) groups is 1. The molecule has 0 aliphatic carbocycles. The van der Waals surface area contributed by atoms with Crippen LogP contribution in [0.25, 0.3) is 0 Å². The molecule has 0 aliphatic heterocycles. The standard InChI is InChI=1S/C22H42N4O5S/c1-8-13(5)16(23)19(27)25-17(12(3)4)20(28)26-18(14(6)9-2)21(29)24-15(22(30)31)10-11-32-7/h12-18H,8-11,23H2,1-7H3,(H,24,29)(H,25,27)(H,26,28)(H,30,31). The van der Waals surface area contributed by atoms with Crippen LogP contribution in [-0.2, 0) is 19.2 Å². The Kier molecular flexibility index (Phi) is 14.2. The van der Waals surface area contributed by atoms with E-state index in [0.29, 0.717) is 12.2 Å². The maximum Gasteiger partial charge on any atom is 0.326 e.